The van der Waals surface area contributed by atoms with Crippen LogP contribution < -0.4 is 0 Å². The summed E-state index contributed by atoms with van der Waals surface area (Å²) in [6, 6.07) is 27.7. The molecule has 0 bridgehead atoms. The van der Waals surface area contributed by atoms with Crippen molar-refractivity contribution in [3.05, 3.63) is 102 Å². The number of hydrogen-bond donors (Lipinski definition) is 0. The average Bonchev–Trinajstić information content (AvgIpc) is 3.52. The van der Waals surface area contributed by atoms with Gasteiger partial charge in [0.1, 0.15) is 5.01 Å². The Bertz CT molecular complexity index is 1670. The minimum Gasteiger partial charge on any atom is -0.241 e. The van der Waals surface area contributed by atoms with Gasteiger partial charge < -0.3 is 0 Å². The van der Waals surface area contributed by atoms with E-state index in [9.17, 15) is 0 Å². The van der Waals surface area contributed by atoms with Crippen molar-refractivity contribution < 1.29 is 0 Å². The van der Waals surface area contributed by atoms with E-state index in [1.165, 1.54) is 42.1 Å². The molecule has 0 radical (unpaired) electrons. The van der Waals surface area contributed by atoms with Crippen LogP contribution in [0.3, 0.4) is 0 Å². The maximum Gasteiger partial charge on any atom is 0.124 e. The molecule has 0 N–H and O–H groups in total. The van der Waals surface area contributed by atoms with Crippen LogP contribution in [0.2, 0.25) is 0 Å². The van der Waals surface area contributed by atoms with Crippen molar-refractivity contribution in [2.75, 3.05) is 0 Å². The van der Waals surface area contributed by atoms with E-state index in [-0.39, 0.29) is 0 Å². The molecule has 0 spiro atoms. The molecular formula is C30H25N3S2. The van der Waals surface area contributed by atoms with E-state index in [4.69, 9.17) is 10.1 Å². The molecule has 3 heterocycles. The molecule has 3 aromatic carbocycles. The molecule has 0 aliphatic heterocycles. The molecule has 6 aromatic rings. The van der Waals surface area contributed by atoms with Gasteiger partial charge in [-0.25, -0.2) is 9.67 Å². The first-order valence-corrected chi connectivity index (χ1v) is 13.3. The van der Waals surface area contributed by atoms with Crippen molar-refractivity contribution >= 4 is 32.8 Å². The fourth-order valence-corrected chi connectivity index (χ4v) is 7.25. The lowest BCUT2D eigenvalue weighted by molar-refractivity contribution is 0.834. The summed E-state index contributed by atoms with van der Waals surface area (Å²) in [7, 11) is 0. The van der Waals surface area contributed by atoms with Gasteiger partial charge in [-0.15, -0.1) is 22.7 Å². The molecule has 0 unspecified atom stereocenters. The summed E-state index contributed by atoms with van der Waals surface area (Å²) in [6.07, 6.45) is 0. The lowest BCUT2D eigenvalue weighted by Gasteiger charge is -2.07. The maximum atomic E-state index is 5.01. The number of para-hydroxylation sites is 1. The van der Waals surface area contributed by atoms with E-state index in [1.54, 1.807) is 11.3 Å². The molecule has 0 aliphatic rings. The first kappa shape index (κ1) is 22.0. The number of thiophene rings is 1. The van der Waals surface area contributed by atoms with Crippen LogP contribution in [0.4, 0.5) is 0 Å². The molecule has 0 aliphatic carbocycles. The van der Waals surface area contributed by atoms with Gasteiger partial charge in [0.25, 0.3) is 0 Å². The average molecular weight is 492 g/mol. The van der Waals surface area contributed by atoms with Crippen LogP contribution in [-0.2, 0) is 0 Å². The number of thiazole rings is 1. The fourth-order valence-electron chi connectivity index (χ4n) is 4.69. The molecule has 172 valence electrons. The van der Waals surface area contributed by atoms with E-state index in [0.717, 1.165) is 27.8 Å². The monoisotopic (exact) mass is 491 g/mol. The van der Waals surface area contributed by atoms with Gasteiger partial charge in [0, 0.05) is 31.7 Å². The highest BCUT2D eigenvalue weighted by Gasteiger charge is 2.25. The summed E-state index contributed by atoms with van der Waals surface area (Å²) in [6.45, 7) is 8.54. The van der Waals surface area contributed by atoms with Crippen LogP contribution in [0.15, 0.2) is 78.9 Å². The molecular weight excluding hydrogens is 466 g/mol. The molecule has 5 heteroatoms. The molecule has 0 saturated carbocycles. The van der Waals surface area contributed by atoms with Crippen molar-refractivity contribution in [2.24, 2.45) is 0 Å². The Labute approximate surface area is 213 Å². The van der Waals surface area contributed by atoms with Crippen LogP contribution in [0.25, 0.3) is 47.2 Å². The van der Waals surface area contributed by atoms with Gasteiger partial charge >= 0.3 is 0 Å². The van der Waals surface area contributed by atoms with Gasteiger partial charge in [0.2, 0.25) is 0 Å². The number of aryl methyl sites for hydroxylation is 3. The van der Waals surface area contributed by atoms with E-state index in [1.807, 2.05) is 17.4 Å². The van der Waals surface area contributed by atoms with Crippen molar-refractivity contribution in [3.8, 4) is 37.1 Å². The maximum absolute atomic E-state index is 5.01. The topological polar surface area (TPSA) is 30.7 Å². The number of fused-ring (bicyclic) bond motifs is 1. The lowest BCUT2D eigenvalue weighted by atomic mass is 10.0. The Hall–Kier alpha value is -3.54. The smallest absolute Gasteiger partial charge is 0.124 e. The van der Waals surface area contributed by atoms with Gasteiger partial charge in [-0.3, -0.25) is 0 Å². The minimum absolute atomic E-state index is 1.04. The van der Waals surface area contributed by atoms with Gasteiger partial charge in [-0.1, -0.05) is 66.2 Å². The van der Waals surface area contributed by atoms with Gasteiger partial charge in [-0.2, -0.15) is 5.10 Å². The molecule has 0 fully saturated rings. The zero-order valence-corrected chi connectivity index (χ0v) is 21.8. The first-order chi connectivity index (χ1) is 17.0. The largest absolute Gasteiger partial charge is 0.241 e. The minimum atomic E-state index is 1.04. The van der Waals surface area contributed by atoms with E-state index in [0.29, 0.717) is 0 Å². The predicted octanol–water partition coefficient (Wildman–Crippen LogP) is 8.78. The molecule has 35 heavy (non-hydrogen) atoms. The second-order valence-electron chi connectivity index (χ2n) is 8.90. The summed E-state index contributed by atoms with van der Waals surface area (Å²) >= 11 is 3.63. The Morgan fingerprint density at radius 2 is 1.37 bits per heavy atom. The van der Waals surface area contributed by atoms with Crippen molar-refractivity contribution in [3.63, 3.8) is 0 Å². The van der Waals surface area contributed by atoms with Gasteiger partial charge in [0.05, 0.1) is 27.6 Å². The second kappa shape index (κ2) is 8.59. The third-order valence-electron chi connectivity index (χ3n) is 6.44. The predicted molar refractivity (Wildman–Crippen MR) is 150 cm³/mol. The SMILES string of the molecule is Cc1ccc(-c2nc(C)c(-c3c(-c4c(C)nn(-c5ccccc5)c4C)sc4ccccc34)s2)cc1. The Kier molecular flexibility index (Phi) is 5.39. The molecule has 0 atom stereocenters. The summed E-state index contributed by atoms with van der Waals surface area (Å²) in [5.74, 6) is 0. The van der Waals surface area contributed by atoms with E-state index >= 15 is 0 Å². The number of benzene rings is 3. The Balaban J connectivity index is 1.59. The number of hydrogen-bond acceptors (Lipinski definition) is 4. The third-order valence-corrected chi connectivity index (χ3v) is 8.85. The van der Waals surface area contributed by atoms with Crippen molar-refractivity contribution in [1.82, 2.24) is 14.8 Å². The third kappa shape index (κ3) is 3.72. The van der Waals surface area contributed by atoms with Crippen LogP contribution in [0.1, 0.15) is 22.6 Å². The molecule has 3 nitrogen and oxygen atoms in total. The second-order valence-corrected chi connectivity index (χ2v) is 10.9. The van der Waals surface area contributed by atoms with Crippen LogP contribution in [0, 0.1) is 27.7 Å². The highest BCUT2D eigenvalue weighted by molar-refractivity contribution is 7.24. The molecule has 6 rings (SSSR count). The zero-order chi connectivity index (χ0) is 24.1. The number of aromatic nitrogens is 3. The highest BCUT2D eigenvalue weighted by Crippen LogP contribution is 2.50. The molecule has 0 amide bonds. The summed E-state index contributed by atoms with van der Waals surface area (Å²) in [4.78, 5) is 7.51. The fraction of sp³-hybridized carbons (Fsp3) is 0.133. The van der Waals surface area contributed by atoms with Crippen LogP contribution in [0.5, 0.6) is 0 Å². The Morgan fingerprint density at radius 1 is 0.657 bits per heavy atom. The lowest BCUT2D eigenvalue weighted by Crippen LogP contribution is -1.98. The van der Waals surface area contributed by atoms with E-state index in [2.05, 4.69) is 105 Å². The molecule has 0 saturated heterocycles. The van der Waals surface area contributed by atoms with Gasteiger partial charge in [0.15, 0.2) is 0 Å². The standard InChI is InChI=1S/C30H25N3S2/c1-18-14-16-22(17-15-18)30-31-20(3)28(35-30)27-24-12-8-9-13-25(24)34-29(27)26-19(2)32-33(21(26)4)23-10-6-5-7-11-23/h5-17H,1-4H3. The van der Waals surface area contributed by atoms with Crippen LogP contribution in [-0.4, -0.2) is 14.8 Å². The van der Waals surface area contributed by atoms with Gasteiger partial charge in [-0.05, 0) is 45.9 Å². The quantitative estimate of drug-likeness (QED) is 0.247. The first-order valence-electron chi connectivity index (χ1n) is 11.7. The van der Waals surface area contributed by atoms with Crippen molar-refractivity contribution in [1.29, 1.82) is 0 Å². The van der Waals surface area contributed by atoms with E-state index < -0.39 is 0 Å². The van der Waals surface area contributed by atoms with Crippen LogP contribution >= 0.6 is 22.7 Å². The zero-order valence-electron chi connectivity index (χ0n) is 20.2. The van der Waals surface area contributed by atoms with Crippen molar-refractivity contribution in [2.45, 2.75) is 27.7 Å². The Morgan fingerprint density at radius 3 is 2.14 bits per heavy atom. The number of rotatable bonds is 4. The summed E-state index contributed by atoms with van der Waals surface area (Å²) in [5.41, 5.74) is 9.27. The highest BCUT2D eigenvalue weighted by atomic mass is 32.1. The molecule has 3 aromatic heterocycles. The summed E-state index contributed by atoms with van der Waals surface area (Å²) in [5, 5.41) is 7.30. The number of nitrogens with zero attached hydrogens (tertiary/aromatic N) is 3. The normalized spacial score (nSPS) is 11.4. The summed E-state index contributed by atoms with van der Waals surface area (Å²) < 4.78 is 3.35.